The lowest BCUT2D eigenvalue weighted by molar-refractivity contribution is 0.0555. The number of nitrogens with one attached hydrogen (secondary N) is 1. The van der Waals surface area contributed by atoms with E-state index in [1.165, 1.54) is 37.6 Å². The van der Waals surface area contributed by atoms with E-state index >= 15 is 0 Å². The maximum atomic E-state index is 5.47. The van der Waals surface area contributed by atoms with Crippen LogP contribution in [0.2, 0.25) is 0 Å². The molecule has 0 aromatic heterocycles. The molecule has 114 valence electrons. The third-order valence-corrected chi connectivity index (χ3v) is 5.82. The summed E-state index contributed by atoms with van der Waals surface area (Å²) in [6, 6.07) is 0. The maximum absolute atomic E-state index is 5.47. The van der Waals surface area contributed by atoms with Crippen LogP contribution in [0, 0.1) is 5.92 Å². The fourth-order valence-electron chi connectivity index (χ4n) is 3.32. The molecule has 0 aromatic carbocycles. The first-order valence-corrected chi connectivity index (χ1v) is 9.00. The predicted molar refractivity (Wildman–Crippen MR) is 85.5 cm³/mol. The van der Waals surface area contributed by atoms with Crippen LogP contribution in [0.1, 0.15) is 32.6 Å². The first kappa shape index (κ1) is 14.7. The molecule has 20 heavy (non-hydrogen) atoms. The van der Waals surface area contributed by atoms with Crippen LogP contribution in [0.25, 0.3) is 0 Å². The fraction of sp³-hybridized carbons (Fsp3) is 0.933. The summed E-state index contributed by atoms with van der Waals surface area (Å²) in [5.74, 6) is 1.82. The van der Waals surface area contributed by atoms with Gasteiger partial charge in [-0.15, -0.1) is 0 Å². The monoisotopic (exact) mass is 297 g/mol. The molecule has 4 nitrogen and oxygen atoms in total. The average Bonchev–Trinajstić information content (AvgIpc) is 3.08. The Hall–Kier alpha value is -0.260. The number of hydrogen-bond acceptors (Lipinski definition) is 4. The number of likely N-dealkylation sites (tertiary alicyclic amines) is 1. The molecular formula is C15H27N3OS. The van der Waals surface area contributed by atoms with E-state index in [2.05, 4.69) is 17.1 Å². The zero-order chi connectivity index (χ0) is 13.8. The summed E-state index contributed by atoms with van der Waals surface area (Å²) in [5, 5.41) is 4.84. The number of thioether (sulfide) groups is 1. The SMILES string of the molecule is CC(CN=C1NC2(CCOCC2)CS1)CN1CCCC1. The Morgan fingerprint density at radius 3 is 2.85 bits per heavy atom. The van der Waals surface area contributed by atoms with E-state index in [0.29, 0.717) is 5.92 Å². The number of ether oxygens (including phenoxy) is 1. The van der Waals surface area contributed by atoms with Crippen LogP contribution in [-0.2, 0) is 4.74 Å². The molecule has 1 atom stereocenters. The van der Waals surface area contributed by atoms with Crippen molar-refractivity contribution in [1.82, 2.24) is 10.2 Å². The minimum atomic E-state index is 0.278. The molecule has 3 aliphatic heterocycles. The van der Waals surface area contributed by atoms with Gasteiger partial charge < -0.3 is 15.0 Å². The first-order chi connectivity index (χ1) is 9.76. The molecule has 1 spiro atoms. The Morgan fingerprint density at radius 2 is 2.10 bits per heavy atom. The molecule has 0 bridgehead atoms. The van der Waals surface area contributed by atoms with Gasteiger partial charge >= 0.3 is 0 Å². The lowest BCUT2D eigenvalue weighted by Gasteiger charge is -2.32. The Bertz CT molecular complexity index is 349. The van der Waals surface area contributed by atoms with E-state index in [-0.39, 0.29) is 5.54 Å². The van der Waals surface area contributed by atoms with Gasteiger partial charge in [0.15, 0.2) is 5.17 Å². The molecule has 0 saturated carbocycles. The van der Waals surface area contributed by atoms with Gasteiger partial charge in [-0.05, 0) is 44.7 Å². The highest BCUT2D eigenvalue weighted by Crippen LogP contribution is 2.31. The molecule has 3 saturated heterocycles. The second-order valence-electron chi connectivity index (χ2n) is 6.57. The van der Waals surface area contributed by atoms with Gasteiger partial charge in [-0.25, -0.2) is 0 Å². The van der Waals surface area contributed by atoms with Gasteiger partial charge in [0.1, 0.15) is 0 Å². The molecule has 3 rings (SSSR count). The summed E-state index contributed by atoms with van der Waals surface area (Å²) in [6.07, 6.45) is 5.01. The summed E-state index contributed by atoms with van der Waals surface area (Å²) in [4.78, 5) is 7.40. The smallest absolute Gasteiger partial charge is 0.157 e. The normalized spacial score (nSPS) is 29.9. The largest absolute Gasteiger partial charge is 0.381 e. The van der Waals surface area contributed by atoms with Crippen LogP contribution in [0.15, 0.2) is 4.99 Å². The molecule has 5 heteroatoms. The molecule has 3 aliphatic rings. The van der Waals surface area contributed by atoms with Crippen molar-refractivity contribution in [3.8, 4) is 0 Å². The van der Waals surface area contributed by atoms with E-state index in [9.17, 15) is 0 Å². The molecule has 1 unspecified atom stereocenters. The zero-order valence-corrected chi connectivity index (χ0v) is 13.4. The topological polar surface area (TPSA) is 36.9 Å². The van der Waals surface area contributed by atoms with Crippen molar-refractivity contribution in [2.24, 2.45) is 10.9 Å². The van der Waals surface area contributed by atoms with Gasteiger partial charge in [0.05, 0.1) is 5.54 Å². The Balaban J connectivity index is 1.44. The third kappa shape index (κ3) is 3.68. The van der Waals surface area contributed by atoms with Crippen LogP contribution in [-0.4, -0.2) is 60.8 Å². The third-order valence-electron chi connectivity index (χ3n) is 4.62. The van der Waals surface area contributed by atoms with E-state index in [1.54, 1.807) is 0 Å². The second kappa shape index (κ2) is 6.67. The van der Waals surface area contributed by atoms with Gasteiger partial charge in [0, 0.05) is 32.1 Å². The van der Waals surface area contributed by atoms with Crippen molar-refractivity contribution < 1.29 is 4.74 Å². The summed E-state index contributed by atoms with van der Waals surface area (Å²) in [6.45, 7) is 8.86. The number of hydrogen-bond donors (Lipinski definition) is 1. The molecule has 3 fully saturated rings. The number of rotatable bonds is 4. The van der Waals surface area contributed by atoms with Crippen molar-refractivity contribution >= 4 is 16.9 Å². The molecule has 0 aromatic rings. The van der Waals surface area contributed by atoms with Crippen molar-refractivity contribution in [3.63, 3.8) is 0 Å². The Morgan fingerprint density at radius 1 is 1.35 bits per heavy atom. The van der Waals surface area contributed by atoms with Crippen LogP contribution in [0.5, 0.6) is 0 Å². The molecule has 1 N–H and O–H groups in total. The van der Waals surface area contributed by atoms with Crippen molar-refractivity contribution in [1.29, 1.82) is 0 Å². The lowest BCUT2D eigenvalue weighted by Crippen LogP contribution is -2.48. The molecule has 0 aliphatic carbocycles. The van der Waals surface area contributed by atoms with Crippen molar-refractivity contribution in [3.05, 3.63) is 0 Å². The minimum absolute atomic E-state index is 0.278. The highest BCUT2D eigenvalue weighted by Gasteiger charge is 2.38. The first-order valence-electron chi connectivity index (χ1n) is 8.01. The minimum Gasteiger partial charge on any atom is -0.381 e. The standard InChI is InChI=1S/C15H27N3OS/c1-13(11-18-6-2-3-7-18)10-16-14-17-15(12-20-14)4-8-19-9-5-15/h13H,2-12H2,1H3,(H,16,17). The highest BCUT2D eigenvalue weighted by atomic mass is 32.2. The summed E-state index contributed by atoms with van der Waals surface area (Å²) in [7, 11) is 0. The van der Waals surface area contributed by atoms with Crippen LogP contribution < -0.4 is 5.32 Å². The molecule has 0 amide bonds. The van der Waals surface area contributed by atoms with Crippen LogP contribution in [0.4, 0.5) is 0 Å². The maximum Gasteiger partial charge on any atom is 0.157 e. The summed E-state index contributed by atoms with van der Waals surface area (Å²) < 4.78 is 5.47. The van der Waals surface area contributed by atoms with Gasteiger partial charge in [-0.2, -0.15) is 0 Å². The molecule has 3 heterocycles. The van der Waals surface area contributed by atoms with E-state index < -0.39 is 0 Å². The fourth-order valence-corrected chi connectivity index (χ4v) is 4.55. The van der Waals surface area contributed by atoms with E-state index in [0.717, 1.165) is 38.4 Å². The Labute approximate surface area is 126 Å². The number of amidine groups is 1. The van der Waals surface area contributed by atoms with Gasteiger partial charge in [0.25, 0.3) is 0 Å². The zero-order valence-electron chi connectivity index (χ0n) is 12.6. The lowest BCUT2D eigenvalue weighted by atomic mass is 9.93. The van der Waals surface area contributed by atoms with E-state index in [1.807, 2.05) is 11.8 Å². The number of aliphatic imine (C=N–C) groups is 1. The average molecular weight is 297 g/mol. The Kier molecular flexibility index (Phi) is 4.89. The summed E-state index contributed by atoms with van der Waals surface area (Å²) >= 11 is 1.90. The molecular weight excluding hydrogens is 270 g/mol. The number of nitrogens with zero attached hydrogens (tertiary/aromatic N) is 2. The highest BCUT2D eigenvalue weighted by molar-refractivity contribution is 8.14. The quantitative estimate of drug-likeness (QED) is 0.861. The van der Waals surface area contributed by atoms with Crippen LogP contribution in [0.3, 0.4) is 0 Å². The van der Waals surface area contributed by atoms with Gasteiger partial charge in [-0.1, -0.05) is 18.7 Å². The summed E-state index contributed by atoms with van der Waals surface area (Å²) in [5.41, 5.74) is 0.278. The predicted octanol–water partition coefficient (Wildman–Crippen LogP) is 1.96. The molecule has 0 radical (unpaired) electrons. The van der Waals surface area contributed by atoms with Crippen molar-refractivity contribution in [2.45, 2.75) is 38.1 Å². The van der Waals surface area contributed by atoms with E-state index in [4.69, 9.17) is 9.73 Å². The van der Waals surface area contributed by atoms with Gasteiger partial charge in [0.2, 0.25) is 0 Å². The van der Waals surface area contributed by atoms with Crippen molar-refractivity contribution in [2.75, 3.05) is 45.1 Å². The second-order valence-corrected chi connectivity index (χ2v) is 7.53. The van der Waals surface area contributed by atoms with Crippen LogP contribution >= 0.6 is 11.8 Å². The van der Waals surface area contributed by atoms with Gasteiger partial charge in [-0.3, -0.25) is 4.99 Å².